The lowest BCUT2D eigenvalue weighted by molar-refractivity contribution is 0.0808. The minimum Gasteiger partial charge on any atom is -0.377 e. The topological polar surface area (TPSA) is 21.3 Å². The minimum absolute atomic E-state index is 0.373. The Kier molecular flexibility index (Phi) is 3.87. The van der Waals surface area contributed by atoms with Crippen molar-refractivity contribution in [2.45, 2.75) is 32.8 Å². The van der Waals surface area contributed by atoms with Crippen LogP contribution >= 0.6 is 0 Å². The third kappa shape index (κ3) is 5.22. The predicted molar refractivity (Wildman–Crippen MR) is 46.7 cm³/mol. The molecule has 0 aromatic heterocycles. The zero-order valence-corrected chi connectivity index (χ0v) is 7.60. The average molecular weight is 157 g/mol. The molecule has 2 nitrogen and oxygen atoms in total. The van der Waals surface area contributed by atoms with Crippen LogP contribution in [0.2, 0.25) is 0 Å². The van der Waals surface area contributed by atoms with E-state index in [-0.39, 0.29) is 0 Å². The van der Waals surface area contributed by atoms with Gasteiger partial charge in [0.1, 0.15) is 0 Å². The Morgan fingerprint density at radius 3 is 2.73 bits per heavy atom. The number of nitrogens with one attached hydrogen (secondary N) is 1. The first kappa shape index (κ1) is 9.01. The molecule has 1 rings (SSSR count). The van der Waals surface area contributed by atoms with E-state index in [0.717, 1.165) is 19.1 Å². The molecule has 0 aromatic carbocycles. The Hall–Kier alpha value is -0.0800. The Bertz CT molecular complexity index is 95.7. The van der Waals surface area contributed by atoms with Crippen molar-refractivity contribution in [3.63, 3.8) is 0 Å². The highest BCUT2D eigenvalue weighted by Crippen LogP contribution is 2.27. The molecule has 0 amide bonds. The summed E-state index contributed by atoms with van der Waals surface area (Å²) in [6.07, 6.45) is 3.23. The summed E-state index contributed by atoms with van der Waals surface area (Å²) in [4.78, 5) is 0. The Morgan fingerprint density at radius 1 is 1.45 bits per heavy atom. The van der Waals surface area contributed by atoms with Gasteiger partial charge < -0.3 is 10.1 Å². The molecule has 11 heavy (non-hydrogen) atoms. The summed E-state index contributed by atoms with van der Waals surface area (Å²) in [6.45, 7) is 7.20. The molecule has 1 fully saturated rings. The maximum atomic E-state index is 5.38. The molecule has 0 radical (unpaired) electrons. The van der Waals surface area contributed by atoms with Crippen LogP contribution in [-0.4, -0.2) is 25.8 Å². The largest absolute Gasteiger partial charge is 0.377 e. The van der Waals surface area contributed by atoms with Gasteiger partial charge in [-0.15, -0.1) is 0 Å². The molecule has 1 N–H and O–H groups in total. The molecule has 0 aliphatic heterocycles. The number of rotatable bonds is 6. The van der Waals surface area contributed by atoms with Crippen LogP contribution in [0, 0.1) is 5.92 Å². The third-order valence-corrected chi connectivity index (χ3v) is 1.86. The van der Waals surface area contributed by atoms with Gasteiger partial charge in [0.15, 0.2) is 0 Å². The summed E-state index contributed by atoms with van der Waals surface area (Å²) in [5.41, 5.74) is 0. The van der Waals surface area contributed by atoms with Crippen LogP contribution in [0.5, 0.6) is 0 Å². The van der Waals surface area contributed by atoms with E-state index < -0.39 is 0 Å². The highest BCUT2D eigenvalue weighted by atomic mass is 16.5. The van der Waals surface area contributed by atoms with Crippen LogP contribution < -0.4 is 5.32 Å². The van der Waals surface area contributed by atoms with Gasteiger partial charge in [0.2, 0.25) is 0 Å². The first-order chi connectivity index (χ1) is 5.29. The zero-order chi connectivity index (χ0) is 8.10. The summed E-state index contributed by atoms with van der Waals surface area (Å²) in [7, 11) is 0. The second-order valence-corrected chi connectivity index (χ2v) is 3.57. The highest BCUT2D eigenvalue weighted by molar-refractivity contribution is 4.74. The van der Waals surface area contributed by atoms with Gasteiger partial charge in [-0.2, -0.15) is 0 Å². The highest BCUT2D eigenvalue weighted by Gasteiger charge is 2.19. The van der Waals surface area contributed by atoms with Crippen molar-refractivity contribution in [3.05, 3.63) is 0 Å². The van der Waals surface area contributed by atoms with Crippen molar-refractivity contribution in [2.75, 3.05) is 19.7 Å². The van der Waals surface area contributed by atoms with Gasteiger partial charge in [-0.05, 0) is 39.2 Å². The number of hydrogen-bond donors (Lipinski definition) is 1. The van der Waals surface area contributed by atoms with Crippen LogP contribution in [-0.2, 0) is 4.74 Å². The molecule has 0 unspecified atom stereocenters. The smallest absolute Gasteiger partial charge is 0.0594 e. The fourth-order valence-electron chi connectivity index (χ4n) is 0.995. The molecule has 66 valence electrons. The van der Waals surface area contributed by atoms with Crippen molar-refractivity contribution in [1.82, 2.24) is 5.32 Å². The third-order valence-electron chi connectivity index (χ3n) is 1.86. The van der Waals surface area contributed by atoms with E-state index in [9.17, 15) is 0 Å². The second-order valence-electron chi connectivity index (χ2n) is 3.57. The van der Waals surface area contributed by atoms with Gasteiger partial charge in [0.25, 0.3) is 0 Å². The van der Waals surface area contributed by atoms with Crippen LogP contribution in [0.25, 0.3) is 0 Å². The standard InChI is InChI=1S/C9H19NO/c1-8(2)11-6-5-10-7-9-3-4-9/h8-10H,3-7H2,1-2H3. The molecule has 1 aliphatic carbocycles. The molecule has 0 aromatic rings. The fourth-order valence-corrected chi connectivity index (χ4v) is 0.995. The molecule has 1 aliphatic rings. The SMILES string of the molecule is CC(C)OCCNCC1CC1. The van der Waals surface area contributed by atoms with Gasteiger partial charge in [-0.25, -0.2) is 0 Å². The summed E-state index contributed by atoms with van der Waals surface area (Å²) in [5.74, 6) is 0.981. The van der Waals surface area contributed by atoms with Crippen molar-refractivity contribution in [2.24, 2.45) is 5.92 Å². The molecular formula is C9H19NO. The molecule has 0 spiro atoms. The molecule has 2 heteroatoms. The summed E-state index contributed by atoms with van der Waals surface area (Å²) in [6, 6.07) is 0. The van der Waals surface area contributed by atoms with Crippen molar-refractivity contribution in [3.8, 4) is 0 Å². The summed E-state index contributed by atoms with van der Waals surface area (Å²) >= 11 is 0. The lowest BCUT2D eigenvalue weighted by Crippen LogP contribution is -2.23. The van der Waals surface area contributed by atoms with Gasteiger partial charge >= 0.3 is 0 Å². The molecule has 0 saturated heterocycles. The van der Waals surface area contributed by atoms with Crippen LogP contribution in [0.15, 0.2) is 0 Å². The molecule has 0 heterocycles. The van der Waals surface area contributed by atoms with Gasteiger partial charge in [0, 0.05) is 6.54 Å². The Balaban J connectivity index is 1.73. The van der Waals surface area contributed by atoms with Crippen LogP contribution in [0.4, 0.5) is 0 Å². The molecule has 1 saturated carbocycles. The predicted octanol–water partition coefficient (Wildman–Crippen LogP) is 1.41. The van der Waals surface area contributed by atoms with Crippen molar-refractivity contribution < 1.29 is 4.74 Å². The van der Waals surface area contributed by atoms with E-state index in [0.29, 0.717) is 6.10 Å². The maximum absolute atomic E-state index is 5.38. The van der Waals surface area contributed by atoms with E-state index >= 15 is 0 Å². The van der Waals surface area contributed by atoms with Crippen LogP contribution in [0.3, 0.4) is 0 Å². The van der Waals surface area contributed by atoms with Crippen molar-refractivity contribution >= 4 is 0 Å². The molecule has 0 atom stereocenters. The zero-order valence-electron chi connectivity index (χ0n) is 7.60. The fraction of sp³-hybridized carbons (Fsp3) is 1.00. The van der Waals surface area contributed by atoms with Crippen LogP contribution in [0.1, 0.15) is 26.7 Å². The van der Waals surface area contributed by atoms with Gasteiger partial charge in [-0.1, -0.05) is 0 Å². The van der Waals surface area contributed by atoms with E-state index in [2.05, 4.69) is 19.2 Å². The van der Waals surface area contributed by atoms with E-state index in [1.54, 1.807) is 0 Å². The quantitative estimate of drug-likeness (QED) is 0.589. The van der Waals surface area contributed by atoms with E-state index in [1.165, 1.54) is 19.4 Å². The minimum atomic E-state index is 0.373. The summed E-state index contributed by atoms with van der Waals surface area (Å²) < 4.78 is 5.38. The first-order valence-electron chi connectivity index (χ1n) is 4.61. The average Bonchev–Trinajstić information content (AvgIpc) is 2.70. The first-order valence-corrected chi connectivity index (χ1v) is 4.61. The normalized spacial score (nSPS) is 17.7. The lowest BCUT2D eigenvalue weighted by Gasteiger charge is -2.07. The Labute approximate surface area is 69.3 Å². The van der Waals surface area contributed by atoms with E-state index in [4.69, 9.17) is 4.74 Å². The lowest BCUT2D eigenvalue weighted by atomic mass is 10.4. The van der Waals surface area contributed by atoms with Crippen molar-refractivity contribution in [1.29, 1.82) is 0 Å². The van der Waals surface area contributed by atoms with E-state index in [1.807, 2.05) is 0 Å². The summed E-state index contributed by atoms with van der Waals surface area (Å²) in [5, 5.41) is 3.38. The molecule has 0 bridgehead atoms. The number of ether oxygens (including phenoxy) is 1. The molecular weight excluding hydrogens is 138 g/mol. The number of hydrogen-bond acceptors (Lipinski definition) is 2. The maximum Gasteiger partial charge on any atom is 0.0594 e. The second kappa shape index (κ2) is 4.73. The monoisotopic (exact) mass is 157 g/mol. The Morgan fingerprint density at radius 2 is 2.18 bits per heavy atom. The van der Waals surface area contributed by atoms with Gasteiger partial charge in [0.05, 0.1) is 12.7 Å². The van der Waals surface area contributed by atoms with Gasteiger partial charge in [-0.3, -0.25) is 0 Å².